The monoisotopic (exact) mass is 298 g/mol. The largest absolute Gasteiger partial charge is 0.492 e. The van der Waals surface area contributed by atoms with Crippen LogP contribution in [0.15, 0.2) is 48.8 Å². The highest BCUT2D eigenvalue weighted by Gasteiger charge is 2.13. The molecule has 0 unspecified atom stereocenters. The number of rotatable bonds is 5. The van der Waals surface area contributed by atoms with E-state index >= 15 is 0 Å². The lowest BCUT2D eigenvalue weighted by atomic mass is 9.87. The molecule has 116 valence electrons. The summed E-state index contributed by atoms with van der Waals surface area (Å²) in [4.78, 5) is 15.8. The second kappa shape index (κ2) is 7.07. The van der Waals surface area contributed by atoms with E-state index in [4.69, 9.17) is 4.74 Å². The Morgan fingerprint density at radius 3 is 2.73 bits per heavy atom. The van der Waals surface area contributed by atoms with Gasteiger partial charge in [0.25, 0.3) is 5.91 Å². The molecule has 4 nitrogen and oxygen atoms in total. The molecule has 1 aromatic heterocycles. The van der Waals surface area contributed by atoms with E-state index in [0.717, 1.165) is 5.75 Å². The third-order valence-electron chi connectivity index (χ3n) is 3.28. The summed E-state index contributed by atoms with van der Waals surface area (Å²) in [6.45, 7) is 7.38. The molecule has 0 saturated heterocycles. The zero-order valence-electron chi connectivity index (χ0n) is 13.3. The molecule has 0 radical (unpaired) electrons. The number of benzene rings is 1. The van der Waals surface area contributed by atoms with Gasteiger partial charge >= 0.3 is 0 Å². The SMILES string of the molecule is CC(C)(C)c1cccc(OCCNC(=O)c2cccnc2)c1. The van der Waals surface area contributed by atoms with Crippen LogP contribution in [0.25, 0.3) is 0 Å². The Labute approximate surface area is 131 Å². The minimum atomic E-state index is -0.139. The summed E-state index contributed by atoms with van der Waals surface area (Å²) in [6.07, 6.45) is 3.19. The van der Waals surface area contributed by atoms with Gasteiger partial charge in [-0.2, -0.15) is 0 Å². The number of nitrogens with one attached hydrogen (secondary N) is 1. The molecule has 0 aliphatic heterocycles. The van der Waals surface area contributed by atoms with Crippen molar-refractivity contribution in [3.63, 3.8) is 0 Å². The Morgan fingerprint density at radius 2 is 2.05 bits per heavy atom. The number of hydrogen-bond donors (Lipinski definition) is 1. The van der Waals surface area contributed by atoms with Gasteiger partial charge in [-0.15, -0.1) is 0 Å². The minimum absolute atomic E-state index is 0.0912. The number of aromatic nitrogens is 1. The lowest BCUT2D eigenvalue weighted by Crippen LogP contribution is -2.28. The molecule has 0 aliphatic carbocycles. The van der Waals surface area contributed by atoms with Crippen molar-refractivity contribution in [3.05, 3.63) is 59.9 Å². The molecule has 1 N–H and O–H groups in total. The van der Waals surface area contributed by atoms with Gasteiger partial charge in [0.05, 0.1) is 12.1 Å². The van der Waals surface area contributed by atoms with Crippen molar-refractivity contribution in [2.45, 2.75) is 26.2 Å². The van der Waals surface area contributed by atoms with Crippen molar-refractivity contribution in [1.29, 1.82) is 0 Å². The fraction of sp³-hybridized carbons (Fsp3) is 0.333. The smallest absolute Gasteiger partial charge is 0.252 e. The van der Waals surface area contributed by atoms with Crippen molar-refractivity contribution in [3.8, 4) is 5.75 Å². The first-order valence-electron chi connectivity index (χ1n) is 7.38. The van der Waals surface area contributed by atoms with Crippen LogP contribution in [0.1, 0.15) is 36.7 Å². The van der Waals surface area contributed by atoms with Crippen LogP contribution in [0.4, 0.5) is 0 Å². The second-order valence-electron chi connectivity index (χ2n) is 6.12. The summed E-state index contributed by atoms with van der Waals surface area (Å²) < 4.78 is 5.70. The highest BCUT2D eigenvalue weighted by molar-refractivity contribution is 5.93. The van der Waals surface area contributed by atoms with Crippen LogP contribution in [0.2, 0.25) is 0 Å². The number of pyridine rings is 1. The summed E-state index contributed by atoms with van der Waals surface area (Å²) in [5, 5.41) is 2.81. The Bertz CT molecular complexity index is 618. The standard InChI is InChI=1S/C18H22N2O2/c1-18(2,3)15-7-4-8-16(12-15)22-11-10-20-17(21)14-6-5-9-19-13-14/h4-9,12-13H,10-11H2,1-3H3,(H,20,21). The van der Waals surface area contributed by atoms with Gasteiger partial charge in [-0.05, 0) is 35.2 Å². The van der Waals surface area contributed by atoms with E-state index in [1.54, 1.807) is 24.5 Å². The number of ether oxygens (including phenoxy) is 1. The average Bonchev–Trinajstić information content (AvgIpc) is 2.52. The fourth-order valence-corrected chi connectivity index (χ4v) is 1.98. The summed E-state index contributed by atoms with van der Waals surface area (Å²) in [5.74, 6) is 0.684. The number of carbonyl (C=O) groups excluding carboxylic acids is 1. The zero-order valence-corrected chi connectivity index (χ0v) is 13.3. The van der Waals surface area contributed by atoms with Gasteiger partial charge in [0.1, 0.15) is 12.4 Å². The Kier molecular flexibility index (Phi) is 5.15. The van der Waals surface area contributed by atoms with Crippen molar-refractivity contribution >= 4 is 5.91 Å². The van der Waals surface area contributed by atoms with Gasteiger partial charge in [0.15, 0.2) is 0 Å². The Hall–Kier alpha value is -2.36. The fourth-order valence-electron chi connectivity index (χ4n) is 1.98. The van der Waals surface area contributed by atoms with Crippen molar-refractivity contribution < 1.29 is 9.53 Å². The van der Waals surface area contributed by atoms with Crippen LogP contribution in [-0.2, 0) is 5.41 Å². The predicted molar refractivity (Wildman–Crippen MR) is 87.2 cm³/mol. The molecule has 0 aliphatic rings. The van der Waals surface area contributed by atoms with E-state index in [1.807, 2.05) is 18.2 Å². The molecule has 0 spiro atoms. The van der Waals surface area contributed by atoms with E-state index in [0.29, 0.717) is 18.7 Å². The molecule has 0 atom stereocenters. The van der Waals surface area contributed by atoms with Gasteiger partial charge in [-0.3, -0.25) is 9.78 Å². The third-order valence-corrected chi connectivity index (χ3v) is 3.28. The molecule has 0 saturated carbocycles. The van der Waals surface area contributed by atoms with Crippen LogP contribution in [0.5, 0.6) is 5.75 Å². The van der Waals surface area contributed by atoms with Crippen LogP contribution < -0.4 is 10.1 Å². The van der Waals surface area contributed by atoms with Gasteiger partial charge < -0.3 is 10.1 Å². The van der Waals surface area contributed by atoms with E-state index in [9.17, 15) is 4.79 Å². The van der Waals surface area contributed by atoms with Crippen molar-refractivity contribution in [2.75, 3.05) is 13.2 Å². The van der Waals surface area contributed by atoms with Crippen LogP contribution >= 0.6 is 0 Å². The molecule has 22 heavy (non-hydrogen) atoms. The van der Waals surface area contributed by atoms with E-state index < -0.39 is 0 Å². The molecule has 1 amide bonds. The maximum atomic E-state index is 11.8. The van der Waals surface area contributed by atoms with Crippen LogP contribution in [0, 0.1) is 0 Å². The van der Waals surface area contributed by atoms with Crippen LogP contribution in [-0.4, -0.2) is 24.0 Å². The first-order chi connectivity index (χ1) is 10.5. The summed E-state index contributed by atoms with van der Waals surface area (Å²) in [6, 6.07) is 11.5. The average molecular weight is 298 g/mol. The molecule has 0 bridgehead atoms. The van der Waals surface area contributed by atoms with E-state index in [1.165, 1.54) is 5.56 Å². The van der Waals surface area contributed by atoms with Gasteiger partial charge in [0.2, 0.25) is 0 Å². The van der Waals surface area contributed by atoms with E-state index in [-0.39, 0.29) is 11.3 Å². The maximum absolute atomic E-state index is 11.8. The summed E-state index contributed by atoms with van der Waals surface area (Å²) in [5.41, 5.74) is 1.87. The predicted octanol–water partition coefficient (Wildman–Crippen LogP) is 3.19. The summed E-state index contributed by atoms with van der Waals surface area (Å²) in [7, 11) is 0. The minimum Gasteiger partial charge on any atom is -0.492 e. The lowest BCUT2D eigenvalue weighted by molar-refractivity contribution is 0.0946. The molecule has 2 aromatic rings. The zero-order chi connectivity index (χ0) is 16.0. The van der Waals surface area contributed by atoms with Gasteiger partial charge in [0, 0.05) is 12.4 Å². The summed E-state index contributed by atoms with van der Waals surface area (Å²) >= 11 is 0. The highest BCUT2D eigenvalue weighted by atomic mass is 16.5. The molecule has 4 heteroatoms. The molecule has 0 fully saturated rings. The topological polar surface area (TPSA) is 51.2 Å². The van der Waals surface area contributed by atoms with Crippen molar-refractivity contribution in [1.82, 2.24) is 10.3 Å². The Morgan fingerprint density at radius 1 is 1.23 bits per heavy atom. The van der Waals surface area contributed by atoms with Crippen molar-refractivity contribution in [2.24, 2.45) is 0 Å². The first kappa shape index (κ1) is 16.0. The Balaban J connectivity index is 1.81. The quantitative estimate of drug-likeness (QED) is 0.863. The number of nitrogens with zero attached hydrogens (tertiary/aromatic N) is 1. The maximum Gasteiger partial charge on any atom is 0.252 e. The first-order valence-corrected chi connectivity index (χ1v) is 7.38. The highest BCUT2D eigenvalue weighted by Crippen LogP contribution is 2.25. The molecule has 1 aromatic carbocycles. The molecule has 2 rings (SSSR count). The number of amides is 1. The number of hydrogen-bond acceptors (Lipinski definition) is 3. The molecular formula is C18H22N2O2. The second-order valence-corrected chi connectivity index (χ2v) is 6.12. The van der Waals surface area contributed by atoms with Gasteiger partial charge in [-0.1, -0.05) is 32.9 Å². The van der Waals surface area contributed by atoms with E-state index in [2.05, 4.69) is 37.1 Å². The molecule has 1 heterocycles. The normalized spacial score (nSPS) is 11.0. The van der Waals surface area contributed by atoms with Gasteiger partial charge in [-0.25, -0.2) is 0 Å². The number of carbonyl (C=O) groups is 1. The molecular weight excluding hydrogens is 276 g/mol. The third kappa shape index (κ3) is 4.58. The van der Waals surface area contributed by atoms with Crippen LogP contribution in [0.3, 0.4) is 0 Å². The lowest BCUT2D eigenvalue weighted by Gasteiger charge is -2.19.